The minimum atomic E-state index is -0.203. The molecule has 0 amide bonds. The van der Waals surface area contributed by atoms with Gasteiger partial charge in [0, 0.05) is 16.7 Å². The first-order chi connectivity index (χ1) is 8.74. The summed E-state index contributed by atoms with van der Waals surface area (Å²) in [7, 11) is 0. The molecule has 2 aromatic rings. The second-order valence-corrected chi connectivity index (χ2v) is 5.31. The lowest BCUT2D eigenvalue weighted by Gasteiger charge is -2.11. The normalized spacial score (nSPS) is 12.3. The number of halogens is 1. The zero-order chi connectivity index (χ0) is 12.8. The number of hydrogen-bond acceptors (Lipinski definition) is 2. The Morgan fingerprint density at radius 3 is 2.33 bits per heavy atom. The van der Waals surface area contributed by atoms with E-state index in [0.717, 1.165) is 17.7 Å². The van der Waals surface area contributed by atoms with Crippen molar-refractivity contribution >= 4 is 11.8 Å². The van der Waals surface area contributed by atoms with Crippen molar-refractivity contribution in [3.8, 4) is 0 Å². The highest BCUT2D eigenvalue weighted by Gasteiger charge is 2.05. The minimum absolute atomic E-state index is 0.0840. The molecular formula is C15H16FNS. The van der Waals surface area contributed by atoms with Gasteiger partial charge in [0.25, 0.3) is 0 Å². The molecule has 0 spiro atoms. The van der Waals surface area contributed by atoms with Crippen molar-refractivity contribution in [1.29, 1.82) is 0 Å². The van der Waals surface area contributed by atoms with Crippen LogP contribution in [0, 0.1) is 5.82 Å². The van der Waals surface area contributed by atoms with Gasteiger partial charge in [0.1, 0.15) is 5.82 Å². The van der Waals surface area contributed by atoms with Crippen molar-refractivity contribution < 1.29 is 4.39 Å². The molecule has 0 heterocycles. The van der Waals surface area contributed by atoms with Crippen LogP contribution in [-0.2, 0) is 6.42 Å². The maximum absolute atomic E-state index is 12.8. The third-order valence-electron chi connectivity index (χ3n) is 2.62. The van der Waals surface area contributed by atoms with Crippen LogP contribution in [0.1, 0.15) is 5.56 Å². The van der Waals surface area contributed by atoms with E-state index in [9.17, 15) is 4.39 Å². The van der Waals surface area contributed by atoms with Crippen LogP contribution in [0.3, 0.4) is 0 Å². The van der Waals surface area contributed by atoms with Crippen molar-refractivity contribution in [2.45, 2.75) is 17.4 Å². The quantitative estimate of drug-likeness (QED) is 0.834. The molecule has 2 rings (SSSR count). The van der Waals surface area contributed by atoms with E-state index in [4.69, 9.17) is 5.73 Å². The van der Waals surface area contributed by atoms with Crippen LogP contribution in [0.4, 0.5) is 4.39 Å². The van der Waals surface area contributed by atoms with Gasteiger partial charge in [0.2, 0.25) is 0 Å². The molecule has 0 aliphatic rings. The molecule has 18 heavy (non-hydrogen) atoms. The molecule has 0 radical (unpaired) electrons. The van der Waals surface area contributed by atoms with Gasteiger partial charge in [-0.3, -0.25) is 0 Å². The SMILES string of the molecule is NC(CSc1ccccc1)Cc1ccc(F)cc1. The largest absolute Gasteiger partial charge is 0.327 e. The maximum Gasteiger partial charge on any atom is 0.123 e. The Labute approximate surface area is 111 Å². The predicted molar refractivity (Wildman–Crippen MR) is 75.2 cm³/mol. The van der Waals surface area contributed by atoms with Gasteiger partial charge in [-0.05, 0) is 36.2 Å². The molecule has 0 aromatic heterocycles. The summed E-state index contributed by atoms with van der Waals surface area (Å²) in [5.41, 5.74) is 7.16. The zero-order valence-electron chi connectivity index (χ0n) is 10.1. The van der Waals surface area contributed by atoms with Gasteiger partial charge in [0.05, 0.1) is 0 Å². The van der Waals surface area contributed by atoms with Crippen LogP contribution in [0.15, 0.2) is 59.5 Å². The summed E-state index contributed by atoms with van der Waals surface area (Å²) in [5, 5.41) is 0. The molecule has 1 unspecified atom stereocenters. The smallest absolute Gasteiger partial charge is 0.123 e. The number of benzene rings is 2. The van der Waals surface area contributed by atoms with Gasteiger partial charge in [-0.15, -0.1) is 11.8 Å². The molecule has 0 saturated heterocycles. The first-order valence-electron chi connectivity index (χ1n) is 5.92. The van der Waals surface area contributed by atoms with Crippen LogP contribution in [0.25, 0.3) is 0 Å². The van der Waals surface area contributed by atoms with Crippen molar-refractivity contribution in [2.24, 2.45) is 5.73 Å². The van der Waals surface area contributed by atoms with Crippen LogP contribution >= 0.6 is 11.8 Å². The molecule has 94 valence electrons. The summed E-state index contributed by atoms with van der Waals surface area (Å²) in [4.78, 5) is 1.23. The summed E-state index contributed by atoms with van der Waals surface area (Å²) in [6, 6.07) is 16.8. The fourth-order valence-corrected chi connectivity index (χ4v) is 2.58. The first kappa shape index (κ1) is 13.1. The van der Waals surface area contributed by atoms with E-state index < -0.39 is 0 Å². The van der Waals surface area contributed by atoms with Crippen LogP contribution in [0.2, 0.25) is 0 Å². The Hall–Kier alpha value is -1.32. The summed E-state index contributed by atoms with van der Waals surface area (Å²) >= 11 is 1.75. The van der Waals surface area contributed by atoms with E-state index in [-0.39, 0.29) is 11.9 Å². The lowest BCUT2D eigenvalue weighted by Crippen LogP contribution is -2.25. The lowest BCUT2D eigenvalue weighted by molar-refractivity contribution is 0.626. The Morgan fingerprint density at radius 2 is 1.67 bits per heavy atom. The highest BCUT2D eigenvalue weighted by molar-refractivity contribution is 7.99. The van der Waals surface area contributed by atoms with E-state index in [2.05, 4.69) is 12.1 Å². The summed E-state index contributed by atoms with van der Waals surface area (Å²) in [6.45, 7) is 0. The van der Waals surface area contributed by atoms with E-state index in [0.29, 0.717) is 0 Å². The molecule has 0 fully saturated rings. The Morgan fingerprint density at radius 1 is 1.00 bits per heavy atom. The van der Waals surface area contributed by atoms with Crippen LogP contribution in [-0.4, -0.2) is 11.8 Å². The Balaban J connectivity index is 1.82. The molecule has 1 nitrogen and oxygen atoms in total. The second kappa shape index (κ2) is 6.57. The third kappa shape index (κ3) is 4.17. The number of thioether (sulfide) groups is 1. The van der Waals surface area contributed by atoms with Gasteiger partial charge >= 0.3 is 0 Å². The summed E-state index contributed by atoms with van der Waals surface area (Å²) in [6.07, 6.45) is 0.778. The number of nitrogens with two attached hydrogens (primary N) is 1. The van der Waals surface area contributed by atoms with Crippen LogP contribution in [0.5, 0.6) is 0 Å². The van der Waals surface area contributed by atoms with Gasteiger partial charge < -0.3 is 5.73 Å². The minimum Gasteiger partial charge on any atom is -0.327 e. The zero-order valence-corrected chi connectivity index (χ0v) is 10.9. The molecular weight excluding hydrogens is 245 g/mol. The van der Waals surface area contributed by atoms with Crippen molar-refractivity contribution in [3.05, 3.63) is 66.0 Å². The average Bonchev–Trinajstić information content (AvgIpc) is 2.40. The van der Waals surface area contributed by atoms with Gasteiger partial charge in [0.15, 0.2) is 0 Å². The van der Waals surface area contributed by atoms with Crippen molar-refractivity contribution in [3.63, 3.8) is 0 Å². The Kier molecular flexibility index (Phi) is 4.79. The van der Waals surface area contributed by atoms with Crippen molar-refractivity contribution in [1.82, 2.24) is 0 Å². The van der Waals surface area contributed by atoms with Gasteiger partial charge in [-0.2, -0.15) is 0 Å². The molecule has 3 heteroatoms. The number of rotatable bonds is 5. The summed E-state index contributed by atoms with van der Waals surface area (Å²) in [5.74, 6) is 0.660. The standard InChI is InChI=1S/C15H16FNS/c16-13-8-6-12(7-9-13)10-14(17)11-18-15-4-2-1-3-5-15/h1-9,14H,10-11,17H2. The molecule has 0 bridgehead atoms. The maximum atomic E-state index is 12.8. The fraction of sp³-hybridized carbons (Fsp3) is 0.200. The molecule has 0 aliphatic heterocycles. The van der Waals surface area contributed by atoms with Gasteiger partial charge in [-0.25, -0.2) is 4.39 Å². The van der Waals surface area contributed by atoms with Gasteiger partial charge in [-0.1, -0.05) is 30.3 Å². The molecule has 1 atom stereocenters. The average molecular weight is 261 g/mol. The second-order valence-electron chi connectivity index (χ2n) is 4.21. The lowest BCUT2D eigenvalue weighted by atomic mass is 10.1. The monoisotopic (exact) mass is 261 g/mol. The van der Waals surface area contributed by atoms with Crippen LogP contribution < -0.4 is 5.73 Å². The number of hydrogen-bond donors (Lipinski definition) is 1. The molecule has 2 N–H and O–H groups in total. The third-order valence-corrected chi connectivity index (χ3v) is 3.82. The fourth-order valence-electron chi connectivity index (χ4n) is 1.70. The highest BCUT2D eigenvalue weighted by atomic mass is 32.2. The predicted octanol–water partition coefficient (Wildman–Crippen LogP) is 3.49. The summed E-state index contributed by atoms with van der Waals surface area (Å²) < 4.78 is 12.8. The molecule has 0 saturated carbocycles. The molecule has 0 aliphatic carbocycles. The van der Waals surface area contributed by atoms with Crippen molar-refractivity contribution in [2.75, 3.05) is 5.75 Å². The van der Waals surface area contributed by atoms with E-state index in [1.807, 2.05) is 18.2 Å². The first-order valence-corrected chi connectivity index (χ1v) is 6.90. The highest BCUT2D eigenvalue weighted by Crippen LogP contribution is 2.18. The Bertz CT molecular complexity index is 470. The van der Waals surface area contributed by atoms with E-state index >= 15 is 0 Å². The topological polar surface area (TPSA) is 26.0 Å². The van der Waals surface area contributed by atoms with E-state index in [1.165, 1.54) is 17.0 Å². The molecule has 2 aromatic carbocycles. The van der Waals surface area contributed by atoms with E-state index in [1.54, 1.807) is 23.9 Å².